The Hall–Kier alpha value is -2.63. The highest BCUT2D eigenvalue weighted by Crippen LogP contribution is 2.37. The van der Waals surface area contributed by atoms with E-state index in [0.717, 1.165) is 29.8 Å². The first-order chi connectivity index (χ1) is 13.4. The fourth-order valence-corrected chi connectivity index (χ4v) is 4.05. The van der Waals surface area contributed by atoms with Crippen LogP contribution in [0.3, 0.4) is 0 Å². The second-order valence-electron chi connectivity index (χ2n) is 6.21. The minimum absolute atomic E-state index is 0.144. The lowest BCUT2D eigenvalue weighted by atomic mass is 10.1. The van der Waals surface area contributed by atoms with E-state index in [1.165, 1.54) is 34.3 Å². The van der Waals surface area contributed by atoms with E-state index in [1.54, 1.807) is 6.92 Å². The summed E-state index contributed by atoms with van der Waals surface area (Å²) >= 11 is 5.66. The second-order valence-corrected chi connectivity index (χ2v) is 8.33. The molecule has 0 spiro atoms. The van der Waals surface area contributed by atoms with Gasteiger partial charge in [0.2, 0.25) is 10.0 Å². The molecule has 2 N–H and O–H groups in total. The summed E-state index contributed by atoms with van der Waals surface area (Å²) in [5.41, 5.74) is -3.27. The third kappa shape index (κ3) is 3.68. The number of aryl methyl sites for hydroxylation is 1. The number of nitrogens with one attached hydrogen (secondary N) is 2. The van der Waals surface area contributed by atoms with Gasteiger partial charge in [-0.25, -0.2) is 18.1 Å². The Labute approximate surface area is 168 Å². The fourth-order valence-electron chi connectivity index (χ4n) is 2.65. The van der Waals surface area contributed by atoms with Gasteiger partial charge in [-0.15, -0.1) is 0 Å². The summed E-state index contributed by atoms with van der Waals surface area (Å²) in [4.78, 5) is 24.6. The highest BCUT2D eigenvalue weighted by Gasteiger charge is 2.69. The summed E-state index contributed by atoms with van der Waals surface area (Å²) in [6.45, 7) is 1.70. The maximum Gasteiger partial charge on any atom is 0.435 e. The Kier molecular flexibility index (Phi) is 5.10. The monoisotopic (exact) mass is 447 g/mol. The van der Waals surface area contributed by atoms with E-state index in [1.807, 2.05) is 0 Å². The number of carbonyl (C=O) groups is 2. The highest BCUT2D eigenvalue weighted by atomic mass is 35.5. The van der Waals surface area contributed by atoms with Crippen molar-refractivity contribution in [1.82, 2.24) is 10.0 Å². The summed E-state index contributed by atoms with van der Waals surface area (Å²) in [5.74, 6) is -1.82. The molecule has 2 aromatic rings. The van der Waals surface area contributed by atoms with E-state index < -0.39 is 38.7 Å². The third-order valence-electron chi connectivity index (χ3n) is 4.15. The van der Waals surface area contributed by atoms with Gasteiger partial charge < -0.3 is 5.32 Å². The number of urea groups is 1. The maximum absolute atomic E-state index is 13.9. The van der Waals surface area contributed by atoms with Gasteiger partial charge in [-0.05, 0) is 43.3 Å². The Morgan fingerprint density at radius 3 is 2.10 bits per heavy atom. The topological polar surface area (TPSA) is 95.6 Å². The number of alkyl halides is 3. The SMILES string of the molecule is Cc1ccc(N2C(=O)N[C@@](NS(=O)(=O)c3ccc(Cl)cc3)(C(F)(F)F)C2=O)cc1. The van der Waals surface area contributed by atoms with Crippen molar-refractivity contribution in [1.29, 1.82) is 0 Å². The Morgan fingerprint density at radius 1 is 1.03 bits per heavy atom. The van der Waals surface area contributed by atoms with Crippen molar-refractivity contribution < 1.29 is 31.2 Å². The van der Waals surface area contributed by atoms with Crippen LogP contribution in [0.1, 0.15) is 5.56 Å². The van der Waals surface area contributed by atoms with Gasteiger partial charge in [0, 0.05) is 5.02 Å². The molecule has 0 bridgehead atoms. The van der Waals surface area contributed by atoms with Crippen LogP contribution in [-0.2, 0) is 14.8 Å². The van der Waals surface area contributed by atoms with E-state index in [-0.39, 0.29) is 15.6 Å². The van der Waals surface area contributed by atoms with Crippen LogP contribution in [0.4, 0.5) is 23.7 Å². The number of halogens is 4. The smallest absolute Gasteiger partial charge is 0.302 e. The molecular formula is C17H13ClF3N3O4S. The Bertz CT molecular complexity index is 1070. The maximum atomic E-state index is 13.9. The van der Waals surface area contributed by atoms with Crippen molar-refractivity contribution >= 4 is 39.2 Å². The molecule has 1 atom stereocenters. The number of benzene rings is 2. The average Bonchev–Trinajstić information content (AvgIpc) is 2.87. The number of imide groups is 1. The van der Waals surface area contributed by atoms with Crippen LogP contribution in [-0.4, -0.2) is 32.2 Å². The first-order valence-corrected chi connectivity index (χ1v) is 9.83. The Morgan fingerprint density at radius 2 is 1.59 bits per heavy atom. The minimum atomic E-state index is -5.47. The van der Waals surface area contributed by atoms with Gasteiger partial charge in [-0.2, -0.15) is 17.9 Å². The predicted octanol–water partition coefficient (Wildman–Crippen LogP) is 2.94. The first-order valence-electron chi connectivity index (χ1n) is 7.97. The van der Waals surface area contributed by atoms with E-state index >= 15 is 0 Å². The summed E-state index contributed by atoms with van der Waals surface area (Å²) in [7, 11) is -4.86. The highest BCUT2D eigenvalue weighted by molar-refractivity contribution is 7.89. The number of carbonyl (C=O) groups excluding carboxylic acids is 2. The standard InChI is InChI=1S/C17H13ClF3N3O4S/c1-10-2-6-12(7-3-10)24-14(25)16(17(19,20)21,22-15(24)26)23-29(27,28)13-8-4-11(18)5-9-13/h2-9,23H,1H3,(H,22,26)/t16-/m0/s1. The lowest BCUT2D eigenvalue weighted by Gasteiger charge is -2.29. The van der Waals surface area contributed by atoms with Crippen LogP contribution >= 0.6 is 11.6 Å². The lowest BCUT2D eigenvalue weighted by molar-refractivity contribution is -0.194. The van der Waals surface area contributed by atoms with E-state index in [9.17, 15) is 31.2 Å². The van der Waals surface area contributed by atoms with Crippen molar-refractivity contribution in [2.45, 2.75) is 23.7 Å². The summed E-state index contributed by atoms with van der Waals surface area (Å²) in [6, 6.07) is 8.34. The van der Waals surface area contributed by atoms with Gasteiger partial charge in [-0.3, -0.25) is 4.79 Å². The molecule has 0 aliphatic carbocycles. The van der Waals surface area contributed by atoms with Crippen molar-refractivity contribution in [3.05, 3.63) is 59.1 Å². The molecule has 12 heteroatoms. The van der Waals surface area contributed by atoms with Crippen LogP contribution in [0, 0.1) is 6.92 Å². The molecule has 29 heavy (non-hydrogen) atoms. The minimum Gasteiger partial charge on any atom is -0.302 e. The van der Waals surface area contributed by atoms with Gasteiger partial charge in [0.25, 0.3) is 11.6 Å². The zero-order valence-corrected chi connectivity index (χ0v) is 16.2. The summed E-state index contributed by atoms with van der Waals surface area (Å²) in [5, 5.41) is 1.61. The number of sulfonamides is 1. The van der Waals surface area contributed by atoms with Crippen LogP contribution in [0.25, 0.3) is 0 Å². The molecule has 1 saturated heterocycles. The van der Waals surface area contributed by atoms with E-state index in [2.05, 4.69) is 0 Å². The predicted molar refractivity (Wildman–Crippen MR) is 97.8 cm³/mol. The number of anilines is 1. The third-order valence-corrected chi connectivity index (χ3v) is 5.87. The average molecular weight is 448 g/mol. The Balaban J connectivity index is 2.06. The zero-order valence-electron chi connectivity index (χ0n) is 14.6. The molecule has 0 aromatic heterocycles. The molecule has 1 aliphatic rings. The number of rotatable bonds is 4. The normalized spacial score (nSPS) is 20.1. The van der Waals surface area contributed by atoms with Gasteiger partial charge >= 0.3 is 12.2 Å². The number of amides is 3. The zero-order chi connectivity index (χ0) is 21.6. The molecule has 1 fully saturated rings. The van der Waals surface area contributed by atoms with Crippen LogP contribution in [0.5, 0.6) is 0 Å². The molecular weight excluding hydrogens is 435 g/mol. The molecule has 154 valence electrons. The number of nitrogens with zero attached hydrogens (tertiary/aromatic N) is 1. The molecule has 7 nitrogen and oxygen atoms in total. The molecule has 3 amide bonds. The number of hydrogen-bond acceptors (Lipinski definition) is 4. The molecule has 0 saturated carbocycles. The fraction of sp³-hybridized carbons (Fsp3) is 0.176. The number of hydrogen-bond donors (Lipinski definition) is 2. The molecule has 1 aliphatic heterocycles. The molecule has 0 unspecified atom stereocenters. The van der Waals surface area contributed by atoms with Crippen molar-refractivity contribution in [2.24, 2.45) is 0 Å². The molecule has 2 aromatic carbocycles. The second kappa shape index (κ2) is 7.01. The van der Waals surface area contributed by atoms with Gasteiger partial charge in [0.15, 0.2) is 0 Å². The lowest BCUT2D eigenvalue weighted by Crippen LogP contribution is -2.69. The van der Waals surface area contributed by atoms with Gasteiger partial charge in [-0.1, -0.05) is 29.3 Å². The van der Waals surface area contributed by atoms with Crippen molar-refractivity contribution in [3.63, 3.8) is 0 Å². The largest absolute Gasteiger partial charge is 0.435 e. The first kappa shape index (κ1) is 21.1. The van der Waals surface area contributed by atoms with Crippen LogP contribution in [0.15, 0.2) is 53.4 Å². The van der Waals surface area contributed by atoms with Gasteiger partial charge in [0.05, 0.1) is 10.6 Å². The van der Waals surface area contributed by atoms with Crippen LogP contribution < -0.4 is 14.9 Å². The van der Waals surface area contributed by atoms with Gasteiger partial charge in [0.1, 0.15) is 0 Å². The summed E-state index contributed by atoms with van der Waals surface area (Å²) < 4.78 is 68.0. The van der Waals surface area contributed by atoms with Crippen LogP contribution in [0.2, 0.25) is 5.02 Å². The molecule has 1 heterocycles. The molecule has 0 radical (unpaired) electrons. The summed E-state index contributed by atoms with van der Waals surface area (Å²) in [6.07, 6.45) is -5.47. The van der Waals surface area contributed by atoms with Crippen molar-refractivity contribution in [3.8, 4) is 0 Å². The van der Waals surface area contributed by atoms with E-state index in [0.29, 0.717) is 0 Å². The molecule has 3 rings (SSSR count). The van der Waals surface area contributed by atoms with Crippen molar-refractivity contribution in [2.75, 3.05) is 4.90 Å². The van der Waals surface area contributed by atoms with E-state index in [4.69, 9.17) is 11.6 Å². The quantitative estimate of drug-likeness (QED) is 0.704.